The molecule has 2 aliphatic rings. The first-order chi connectivity index (χ1) is 10.2. The SMILES string of the molecule is CCn1ncc(N)c1C(=O)N1CCC2(CCCCC2)CC1. The van der Waals surface area contributed by atoms with Crippen molar-refractivity contribution in [1.29, 1.82) is 0 Å². The standard InChI is InChI=1S/C16H26N4O/c1-2-20-14(13(17)12-18-20)15(21)19-10-8-16(9-11-19)6-4-3-5-7-16/h12H,2-11,17H2,1H3. The number of anilines is 1. The van der Waals surface area contributed by atoms with Gasteiger partial charge < -0.3 is 10.6 Å². The highest BCUT2D eigenvalue weighted by molar-refractivity contribution is 5.97. The molecule has 1 aromatic heterocycles. The number of rotatable bonds is 2. The third-order valence-electron chi connectivity index (χ3n) is 5.40. The van der Waals surface area contributed by atoms with Gasteiger partial charge in [-0.3, -0.25) is 9.48 Å². The molecule has 0 aromatic carbocycles. The van der Waals surface area contributed by atoms with Crippen LogP contribution in [0.3, 0.4) is 0 Å². The van der Waals surface area contributed by atoms with E-state index in [0.29, 0.717) is 23.3 Å². The zero-order chi connectivity index (χ0) is 14.9. The number of hydrogen-bond donors (Lipinski definition) is 1. The van der Waals surface area contributed by atoms with Gasteiger partial charge in [0.05, 0.1) is 11.9 Å². The van der Waals surface area contributed by atoms with E-state index in [4.69, 9.17) is 5.73 Å². The number of aryl methyl sites for hydroxylation is 1. The monoisotopic (exact) mass is 290 g/mol. The molecule has 5 nitrogen and oxygen atoms in total. The van der Waals surface area contributed by atoms with Crippen LogP contribution in [0.25, 0.3) is 0 Å². The molecule has 5 heteroatoms. The summed E-state index contributed by atoms with van der Waals surface area (Å²) in [6.07, 6.45) is 10.7. The van der Waals surface area contributed by atoms with Crippen molar-refractivity contribution in [2.45, 2.75) is 58.4 Å². The van der Waals surface area contributed by atoms with Gasteiger partial charge >= 0.3 is 0 Å². The van der Waals surface area contributed by atoms with Crippen LogP contribution in [0, 0.1) is 5.41 Å². The average molecular weight is 290 g/mol. The summed E-state index contributed by atoms with van der Waals surface area (Å²) >= 11 is 0. The minimum absolute atomic E-state index is 0.0532. The van der Waals surface area contributed by atoms with Crippen LogP contribution in [0.4, 0.5) is 5.69 Å². The van der Waals surface area contributed by atoms with Gasteiger partial charge in [-0.25, -0.2) is 0 Å². The molecule has 1 aliphatic carbocycles. The number of nitrogens with two attached hydrogens (primary N) is 1. The van der Waals surface area contributed by atoms with E-state index in [0.717, 1.165) is 25.9 Å². The van der Waals surface area contributed by atoms with Crippen LogP contribution in [-0.4, -0.2) is 33.7 Å². The number of amides is 1. The molecule has 1 saturated heterocycles. The van der Waals surface area contributed by atoms with Crippen molar-refractivity contribution in [2.75, 3.05) is 18.8 Å². The fourth-order valence-electron chi connectivity index (χ4n) is 4.01. The van der Waals surface area contributed by atoms with E-state index >= 15 is 0 Å². The Kier molecular flexibility index (Phi) is 3.91. The maximum absolute atomic E-state index is 12.7. The third-order valence-corrected chi connectivity index (χ3v) is 5.40. The van der Waals surface area contributed by atoms with Crippen LogP contribution >= 0.6 is 0 Å². The lowest BCUT2D eigenvalue weighted by Crippen LogP contribution is -2.44. The number of aromatic nitrogens is 2. The van der Waals surface area contributed by atoms with Gasteiger partial charge in [0, 0.05) is 19.6 Å². The first-order valence-electron chi connectivity index (χ1n) is 8.26. The van der Waals surface area contributed by atoms with Crippen molar-refractivity contribution in [1.82, 2.24) is 14.7 Å². The second-order valence-corrected chi connectivity index (χ2v) is 6.62. The summed E-state index contributed by atoms with van der Waals surface area (Å²) in [7, 11) is 0. The van der Waals surface area contributed by atoms with E-state index in [1.807, 2.05) is 11.8 Å². The molecule has 0 unspecified atom stereocenters. The molecule has 1 aromatic rings. The molecule has 1 saturated carbocycles. The lowest BCUT2D eigenvalue weighted by molar-refractivity contribution is 0.0463. The van der Waals surface area contributed by atoms with E-state index in [-0.39, 0.29) is 5.91 Å². The van der Waals surface area contributed by atoms with Gasteiger partial charge in [-0.05, 0) is 38.0 Å². The van der Waals surface area contributed by atoms with Gasteiger partial charge in [0.2, 0.25) is 0 Å². The second-order valence-electron chi connectivity index (χ2n) is 6.62. The number of hydrogen-bond acceptors (Lipinski definition) is 3. The first-order valence-corrected chi connectivity index (χ1v) is 8.26. The maximum atomic E-state index is 12.7. The molecule has 1 spiro atoms. The number of nitrogens with zero attached hydrogens (tertiary/aromatic N) is 3. The molecule has 116 valence electrons. The van der Waals surface area contributed by atoms with Crippen LogP contribution in [-0.2, 0) is 6.54 Å². The van der Waals surface area contributed by atoms with Gasteiger partial charge in [0.25, 0.3) is 5.91 Å². The summed E-state index contributed by atoms with van der Waals surface area (Å²) in [5.74, 6) is 0.0532. The van der Waals surface area contributed by atoms with E-state index in [1.165, 1.54) is 32.1 Å². The Hall–Kier alpha value is -1.52. The third kappa shape index (κ3) is 2.65. The number of nitrogen functional groups attached to an aromatic ring is 1. The van der Waals surface area contributed by atoms with Gasteiger partial charge in [-0.15, -0.1) is 0 Å². The lowest BCUT2D eigenvalue weighted by Gasteiger charge is -2.44. The molecule has 2 heterocycles. The molecule has 1 amide bonds. The Morgan fingerprint density at radius 2 is 1.90 bits per heavy atom. The highest BCUT2D eigenvalue weighted by atomic mass is 16.2. The Balaban J connectivity index is 1.69. The van der Waals surface area contributed by atoms with Crippen LogP contribution in [0.5, 0.6) is 0 Å². The van der Waals surface area contributed by atoms with Crippen molar-refractivity contribution in [2.24, 2.45) is 5.41 Å². The van der Waals surface area contributed by atoms with Crippen molar-refractivity contribution in [3.63, 3.8) is 0 Å². The topological polar surface area (TPSA) is 64.2 Å². The second kappa shape index (κ2) is 5.70. The van der Waals surface area contributed by atoms with Crippen LogP contribution < -0.4 is 5.73 Å². The van der Waals surface area contributed by atoms with E-state index in [2.05, 4.69) is 5.10 Å². The van der Waals surface area contributed by atoms with E-state index < -0.39 is 0 Å². The average Bonchev–Trinajstić information content (AvgIpc) is 2.89. The van der Waals surface area contributed by atoms with Gasteiger partial charge in [-0.1, -0.05) is 19.3 Å². The highest BCUT2D eigenvalue weighted by Gasteiger charge is 2.37. The summed E-state index contributed by atoms with van der Waals surface area (Å²) in [4.78, 5) is 14.7. The summed E-state index contributed by atoms with van der Waals surface area (Å²) in [6.45, 7) is 4.40. The van der Waals surface area contributed by atoms with Gasteiger partial charge in [0.15, 0.2) is 0 Å². The molecule has 2 N–H and O–H groups in total. The fourth-order valence-corrected chi connectivity index (χ4v) is 4.01. The molecular weight excluding hydrogens is 264 g/mol. The minimum atomic E-state index is 0.0532. The maximum Gasteiger partial charge on any atom is 0.274 e. The van der Waals surface area contributed by atoms with Crippen molar-refractivity contribution < 1.29 is 4.79 Å². The summed E-state index contributed by atoms with van der Waals surface area (Å²) in [5.41, 5.74) is 7.52. The number of likely N-dealkylation sites (tertiary alicyclic amines) is 1. The zero-order valence-corrected chi connectivity index (χ0v) is 13.0. The molecule has 0 radical (unpaired) electrons. The molecule has 0 atom stereocenters. The molecule has 2 fully saturated rings. The smallest absolute Gasteiger partial charge is 0.274 e. The predicted octanol–water partition coefficient (Wildman–Crippen LogP) is 2.67. The zero-order valence-electron chi connectivity index (χ0n) is 13.0. The normalized spacial score (nSPS) is 21.7. The Morgan fingerprint density at radius 3 is 2.52 bits per heavy atom. The summed E-state index contributed by atoms with van der Waals surface area (Å²) in [5, 5.41) is 4.18. The summed E-state index contributed by atoms with van der Waals surface area (Å²) < 4.78 is 1.71. The van der Waals surface area contributed by atoms with E-state index in [9.17, 15) is 4.79 Å². The highest BCUT2D eigenvalue weighted by Crippen LogP contribution is 2.44. The first kappa shape index (κ1) is 14.4. The van der Waals surface area contributed by atoms with Gasteiger partial charge in [0.1, 0.15) is 5.69 Å². The number of piperidine rings is 1. The predicted molar refractivity (Wildman–Crippen MR) is 83.0 cm³/mol. The lowest BCUT2D eigenvalue weighted by atomic mass is 9.68. The van der Waals surface area contributed by atoms with Crippen LogP contribution in [0.2, 0.25) is 0 Å². The Bertz CT molecular complexity index is 506. The van der Waals surface area contributed by atoms with Crippen molar-refractivity contribution in [3.8, 4) is 0 Å². The Labute approximate surface area is 126 Å². The van der Waals surface area contributed by atoms with Crippen LogP contribution in [0.15, 0.2) is 6.20 Å². The van der Waals surface area contributed by atoms with E-state index in [1.54, 1.807) is 10.9 Å². The molecule has 1 aliphatic heterocycles. The quantitative estimate of drug-likeness (QED) is 0.910. The van der Waals surface area contributed by atoms with Crippen LogP contribution in [0.1, 0.15) is 62.4 Å². The van der Waals surface area contributed by atoms with Crippen molar-refractivity contribution in [3.05, 3.63) is 11.9 Å². The molecular formula is C16H26N4O. The molecule has 0 bridgehead atoms. The number of carbonyl (C=O) groups is 1. The van der Waals surface area contributed by atoms with Crippen molar-refractivity contribution >= 4 is 11.6 Å². The largest absolute Gasteiger partial charge is 0.396 e. The Morgan fingerprint density at radius 1 is 1.24 bits per heavy atom. The molecule has 3 rings (SSSR count). The fraction of sp³-hybridized carbons (Fsp3) is 0.750. The van der Waals surface area contributed by atoms with Gasteiger partial charge in [-0.2, -0.15) is 5.10 Å². The summed E-state index contributed by atoms with van der Waals surface area (Å²) in [6, 6.07) is 0. The molecule has 21 heavy (non-hydrogen) atoms. The number of carbonyl (C=O) groups excluding carboxylic acids is 1. The minimum Gasteiger partial charge on any atom is -0.396 e.